The lowest BCUT2D eigenvalue weighted by Gasteiger charge is -2.09. The summed E-state index contributed by atoms with van der Waals surface area (Å²) in [6, 6.07) is 7.61. The number of hydrogen-bond donors (Lipinski definition) is 0. The largest absolute Gasteiger partial charge is 0.492 e. The highest BCUT2D eigenvalue weighted by molar-refractivity contribution is 5.78. The molecule has 0 aliphatic heterocycles. The van der Waals surface area contributed by atoms with Gasteiger partial charge in [0.1, 0.15) is 12.0 Å². The molecule has 3 heteroatoms. The first-order chi connectivity index (χ1) is 9.24. The van der Waals surface area contributed by atoms with E-state index in [9.17, 15) is 4.79 Å². The molecule has 0 saturated heterocycles. The normalized spacial score (nSPS) is 10.2. The van der Waals surface area contributed by atoms with Gasteiger partial charge < -0.3 is 4.74 Å². The molecule has 0 saturated carbocycles. The lowest BCUT2D eigenvalue weighted by atomic mass is 10.00. The van der Waals surface area contributed by atoms with Gasteiger partial charge in [-0.15, -0.1) is 0 Å². The lowest BCUT2D eigenvalue weighted by molar-refractivity contribution is 0.112. The molecule has 0 aliphatic carbocycles. The number of nitrogens with zero attached hydrogens (tertiary/aromatic N) is 1. The predicted octanol–water partition coefficient (Wildman–Crippen LogP) is 3.66. The van der Waals surface area contributed by atoms with Crippen molar-refractivity contribution >= 4 is 6.29 Å². The second-order valence-corrected chi connectivity index (χ2v) is 4.45. The second kappa shape index (κ2) is 6.14. The van der Waals surface area contributed by atoms with E-state index in [1.54, 1.807) is 6.20 Å². The van der Waals surface area contributed by atoms with Gasteiger partial charge in [0.15, 0.2) is 0 Å². The Balaban J connectivity index is 2.33. The Morgan fingerprint density at radius 3 is 2.79 bits per heavy atom. The fraction of sp³-hybridized carbons (Fsp3) is 0.250. The molecule has 0 amide bonds. The molecule has 0 spiro atoms. The van der Waals surface area contributed by atoms with Crippen LogP contribution in [0.5, 0.6) is 5.75 Å². The van der Waals surface area contributed by atoms with Gasteiger partial charge in [-0.2, -0.15) is 0 Å². The number of carbonyl (C=O) groups excluding carboxylic acids is 1. The van der Waals surface area contributed by atoms with Crippen molar-refractivity contribution in [1.29, 1.82) is 0 Å². The van der Waals surface area contributed by atoms with Crippen LogP contribution in [0.2, 0.25) is 0 Å². The molecule has 0 N–H and O–H groups in total. The summed E-state index contributed by atoms with van der Waals surface area (Å²) in [4.78, 5) is 14.9. The minimum absolute atomic E-state index is 0.688. The van der Waals surface area contributed by atoms with Crippen molar-refractivity contribution < 1.29 is 9.53 Å². The SMILES string of the molecule is CCCOc1cncc(-c2ccc(C=O)cc2C)c1. The number of aldehydes is 1. The summed E-state index contributed by atoms with van der Waals surface area (Å²) < 4.78 is 5.58. The van der Waals surface area contributed by atoms with Crippen molar-refractivity contribution in [2.24, 2.45) is 0 Å². The molecule has 1 heterocycles. The van der Waals surface area contributed by atoms with Crippen molar-refractivity contribution in [2.75, 3.05) is 6.61 Å². The highest BCUT2D eigenvalue weighted by Crippen LogP contribution is 2.26. The van der Waals surface area contributed by atoms with Crippen molar-refractivity contribution in [2.45, 2.75) is 20.3 Å². The molecule has 98 valence electrons. The average molecular weight is 255 g/mol. The summed E-state index contributed by atoms with van der Waals surface area (Å²) in [6.07, 6.45) is 5.35. The van der Waals surface area contributed by atoms with E-state index in [0.29, 0.717) is 12.2 Å². The van der Waals surface area contributed by atoms with Crippen LogP contribution < -0.4 is 4.74 Å². The Morgan fingerprint density at radius 1 is 1.26 bits per heavy atom. The van der Waals surface area contributed by atoms with Gasteiger partial charge in [0.25, 0.3) is 0 Å². The molecule has 0 radical (unpaired) electrons. The highest BCUT2D eigenvalue weighted by atomic mass is 16.5. The maximum Gasteiger partial charge on any atom is 0.150 e. The van der Waals surface area contributed by atoms with Gasteiger partial charge in [-0.25, -0.2) is 0 Å². The number of pyridine rings is 1. The Kier molecular flexibility index (Phi) is 4.29. The molecule has 3 nitrogen and oxygen atoms in total. The molecule has 0 aliphatic rings. The molecule has 2 rings (SSSR count). The number of rotatable bonds is 5. The van der Waals surface area contributed by atoms with E-state index >= 15 is 0 Å². The quantitative estimate of drug-likeness (QED) is 0.765. The molecule has 0 fully saturated rings. The first kappa shape index (κ1) is 13.3. The molecule has 1 aromatic carbocycles. The zero-order valence-corrected chi connectivity index (χ0v) is 11.2. The maximum atomic E-state index is 10.7. The van der Waals surface area contributed by atoms with Crippen molar-refractivity contribution in [3.05, 3.63) is 47.8 Å². The van der Waals surface area contributed by atoms with Crippen LogP contribution >= 0.6 is 0 Å². The van der Waals surface area contributed by atoms with Crippen LogP contribution in [0.4, 0.5) is 0 Å². The van der Waals surface area contributed by atoms with Crippen molar-refractivity contribution in [3.63, 3.8) is 0 Å². The number of aryl methyl sites for hydroxylation is 1. The summed E-state index contributed by atoms with van der Waals surface area (Å²) >= 11 is 0. The summed E-state index contributed by atoms with van der Waals surface area (Å²) in [7, 11) is 0. The molecular formula is C16H17NO2. The standard InChI is InChI=1S/C16H17NO2/c1-3-6-19-15-8-14(9-17-10-15)16-5-4-13(11-18)7-12(16)2/h4-5,7-11H,3,6H2,1-2H3. The van der Waals surface area contributed by atoms with Crippen molar-refractivity contribution in [3.8, 4) is 16.9 Å². The summed E-state index contributed by atoms with van der Waals surface area (Å²) in [5.74, 6) is 0.776. The molecular weight excluding hydrogens is 238 g/mol. The van der Waals surface area contributed by atoms with E-state index in [2.05, 4.69) is 11.9 Å². The van der Waals surface area contributed by atoms with Crippen LogP contribution in [0, 0.1) is 6.92 Å². The second-order valence-electron chi connectivity index (χ2n) is 4.45. The molecule has 0 atom stereocenters. The van der Waals surface area contributed by atoms with Crippen LogP contribution in [0.15, 0.2) is 36.7 Å². The average Bonchev–Trinajstić information content (AvgIpc) is 2.45. The third-order valence-electron chi connectivity index (χ3n) is 2.88. The molecule has 0 unspecified atom stereocenters. The lowest BCUT2D eigenvalue weighted by Crippen LogP contribution is -1.96. The molecule has 2 aromatic rings. The molecule has 19 heavy (non-hydrogen) atoms. The smallest absolute Gasteiger partial charge is 0.150 e. The molecule has 0 bridgehead atoms. The van der Waals surface area contributed by atoms with Gasteiger partial charge in [-0.3, -0.25) is 9.78 Å². The van der Waals surface area contributed by atoms with Crippen LogP contribution in [0.3, 0.4) is 0 Å². The van der Waals surface area contributed by atoms with Crippen LogP contribution in [0.1, 0.15) is 29.3 Å². The Morgan fingerprint density at radius 2 is 2.11 bits per heavy atom. The van der Waals surface area contributed by atoms with E-state index < -0.39 is 0 Å². The zero-order chi connectivity index (χ0) is 13.7. The van der Waals surface area contributed by atoms with Crippen LogP contribution in [-0.2, 0) is 0 Å². The topological polar surface area (TPSA) is 39.2 Å². The van der Waals surface area contributed by atoms with E-state index in [1.807, 2.05) is 37.4 Å². The van der Waals surface area contributed by atoms with Crippen LogP contribution in [0.25, 0.3) is 11.1 Å². The first-order valence-corrected chi connectivity index (χ1v) is 6.38. The van der Waals surface area contributed by atoms with Crippen LogP contribution in [-0.4, -0.2) is 17.9 Å². The third-order valence-corrected chi connectivity index (χ3v) is 2.88. The number of hydrogen-bond acceptors (Lipinski definition) is 3. The minimum Gasteiger partial charge on any atom is -0.492 e. The van der Waals surface area contributed by atoms with E-state index in [4.69, 9.17) is 4.74 Å². The van der Waals surface area contributed by atoms with Gasteiger partial charge in [-0.1, -0.05) is 19.1 Å². The van der Waals surface area contributed by atoms with Crippen molar-refractivity contribution in [1.82, 2.24) is 4.98 Å². The number of aromatic nitrogens is 1. The fourth-order valence-corrected chi connectivity index (χ4v) is 1.95. The fourth-order valence-electron chi connectivity index (χ4n) is 1.95. The van der Waals surface area contributed by atoms with E-state index in [0.717, 1.165) is 35.1 Å². The third kappa shape index (κ3) is 3.19. The van der Waals surface area contributed by atoms with Gasteiger partial charge in [0, 0.05) is 17.3 Å². The minimum atomic E-state index is 0.688. The van der Waals surface area contributed by atoms with E-state index in [-0.39, 0.29) is 0 Å². The first-order valence-electron chi connectivity index (χ1n) is 6.38. The summed E-state index contributed by atoms with van der Waals surface area (Å²) in [6.45, 7) is 4.75. The monoisotopic (exact) mass is 255 g/mol. The van der Waals surface area contributed by atoms with Gasteiger partial charge in [0.2, 0.25) is 0 Å². The number of ether oxygens (including phenoxy) is 1. The summed E-state index contributed by atoms with van der Waals surface area (Å²) in [5, 5.41) is 0. The maximum absolute atomic E-state index is 10.7. The zero-order valence-electron chi connectivity index (χ0n) is 11.2. The van der Waals surface area contributed by atoms with Gasteiger partial charge >= 0.3 is 0 Å². The number of carbonyl (C=O) groups is 1. The summed E-state index contributed by atoms with van der Waals surface area (Å²) in [5.41, 5.74) is 3.82. The van der Waals surface area contributed by atoms with Gasteiger partial charge in [0.05, 0.1) is 12.8 Å². The van der Waals surface area contributed by atoms with Gasteiger partial charge in [-0.05, 0) is 36.6 Å². The Hall–Kier alpha value is -2.16. The molecule has 1 aromatic heterocycles. The predicted molar refractivity (Wildman–Crippen MR) is 75.6 cm³/mol. The highest BCUT2D eigenvalue weighted by Gasteiger charge is 2.05. The number of benzene rings is 1. The Bertz CT molecular complexity index is 579. The van der Waals surface area contributed by atoms with E-state index in [1.165, 1.54) is 0 Å². The Labute approximate surface area is 113 Å².